The van der Waals surface area contributed by atoms with E-state index in [4.69, 9.17) is 34.8 Å². The fourth-order valence-electron chi connectivity index (χ4n) is 2.50. The summed E-state index contributed by atoms with van der Waals surface area (Å²) in [4.78, 5) is 26.5. The molecule has 2 aromatic rings. The van der Waals surface area contributed by atoms with E-state index in [1.807, 2.05) is 0 Å². The molecule has 1 atom stereocenters. The Hall–Kier alpha value is -1.75. The number of carbonyl (C=O) groups excluding carboxylic acids is 2. The number of carbonyl (C=O) groups is 2. The Labute approximate surface area is 168 Å². The number of nitrogens with one attached hydrogen (secondary N) is 1. The van der Waals surface area contributed by atoms with Crippen molar-refractivity contribution < 1.29 is 9.59 Å². The molecule has 2 rings (SSSR count). The molecule has 0 saturated heterocycles. The summed E-state index contributed by atoms with van der Waals surface area (Å²) in [7, 11) is 1.54. The van der Waals surface area contributed by atoms with E-state index in [1.54, 1.807) is 49.4 Å². The summed E-state index contributed by atoms with van der Waals surface area (Å²) in [5, 5.41) is 4.14. The molecule has 0 aliphatic carbocycles. The van der Waals surface area contributed by atoms with Crippen LogP contribution in [0.25, 0.3) is 0 Å². The summed E-state index contributed by atoms with van der Waals surface area (Å²) in [6, 6.07) is 11.5. The van der Waals surface area contributed by atoms with Crippen molar-refractivity contribution in [1.29, 1.82) is 0 Å². The van der Waals surface area contributed by atoms with Crippen LogP contribution in [0.1, 0.15) is 18.1 Å². The van der Waals surface area contributed by atoms with Gasteiger partial charge in [0.1, 0.15) is 6.04 Å². The lowest BCUT2D eigenvalue weighted by Gasteiger charge is -2.29. The first-order valence-electron chi connectivity index (χ1n) is 8.01. The predicted molar refractivity (Wildman–Crippen MR) is 106 cm³/mol. The van der Waals surface area contributed by atoms with Crippen molar-refractivity contribution in [3.8, 4) is 0 Å². The zero-order valence-electron chi connectivity index (χ0n) is 14.4. The Morgan fingerprint density at radius 2 is 1.65 bits per heavy atom. The van der Waals surface area contributed by atoms with E-state index < -0.39 is 6.04 Å². The SMILES string of the molecule is CNC(=O)C(C)N(Cc1ccc(Cl)cc1Cl)C(=O)Cc1ccc(Cl)cc1. The highest BCUT2D eigenvalue weighted by molar-refractivity contribution is 6.35. The van der Waals surface area contributed by atoms with E-state index in [2.05, 4.69) is 5.32 Å². The Balaban J connectivity index is 2.26. The summed E-state index contributed by atoms with van der Waals surface area (Å²) in [5.74, 6) is -0.436. The van der Waals surface area contributed by atoms with Crippen LogP contribution in [0, 0.1) is 0 Å². The second-order valence-corrected chi connectivity index (χ2v) is 7.13. The van der Waals surface area contributed by atoms with E-state index in [0.717, 1.165) is 11.1 Å². The quantitative estimate of drug-likeness (QED) is 0.765. The summed E-state index contributed by atoms with van der Waals surface area (Å²) in [6.45, 7) is 1.89. The number of benzene rings is 2. The minimum Gasteiger partial charge on any atom is -0.357 e. The van der Waals surface area contributed by atoms with Gasteiger partial charge in [0.15, 0.2) is 0 Å². The maximum Gasteiger partial charge on any atom is 0.242 e. The average Bonchev–Trinajstić information content (AvgIpc) is 2.61. The van der Waals surface area contributed by atoms with Gasteiger partial charge in [-0.2, -0.15) is 0 Å². The van der Waals surface area contributed by atoms with Crippen LogP contribution in [-0.2, 0) is 22.6 Å². The summed E-state index contributed by atoms with van der Waals surface area (Å²) < 4.78 is 0. The maximum atomic E-state index is 12.9. The van der Waals surface area contributed by atoms with E-state index in [9.17, 15) is 9.59 Å². The molecule has 0 bridgehead atoms. The predicted octanol–water partition coefficient (Wildman–Crippen LogP) is 4.35. The van der Waals surface area contributed by atoms with Gasteiger partial charge < -0.3 is 10.2 Å². The van der Waals surface area contributed by atoms with Crippen molar-refractivity contribution in [3.63, 3.8) is 0 Å². The minimum atomic E-state index is -0.647. The van der Waals surface area contributed by atoms with Crippen LogP contribution < -0.4 is 5.32 Å². The lowest BCUT2D eigenvalue weighted by Crippen LogP contribution is -2.47. The number of amides is 2. The second-order valence-electron chi connectivity index (χ2n) is 5.85. The third kappa shape index (κ3) is 5.37. The van der Waals surface area contributed by atoms with Crippen LogP contribution in [0.3, 0.4) is 0 Å². The lowest BCUT2D eigenvalue weighted by molar-refractivity contribution is -0.139. The van der Waals surface area contributed by atoms with E-state index in [-0.39, 0.29) is 24.8 Å². The summed E-state index contributed by atoms with van der Waals surface area (Å²) in [5.41, 5.74) is 1.53. The number of halogens is 3. The van der Waals surface area contributed by atoms with Crippen molar-refractivity contribution in [1.82, 2.24) is 10.2 Å². The highest BCUT2D eigenvalue weighted by Gasteiger charge is 2.26. The van der Waals surface area contributed by atoms with Gasteiger partial charge in [-0.1, -0.05) is 53.0 Å². The average molecular weight is 414 g/mol. The third-order valence-electron chi connectivity index (χ3n) is 4.04. The van der Waals surface area contributed by atoms with Gasteiger partial charge in [0.2, 0.25) is 11.8 Å². The zero-order chi connectivity index (χ0) is 19.3. The molecular weight excluding hydrogens is 395 g/mol. The fraction of sp³-hybridized carbons (Fsp3) is 0.263. The highest BCUT2D eigenvalue weighted by atomic mass is 35.5. The van der Waals surface area contributed by atoms with Gasteiger partial charge in [0, 0.05) is 28.7 Å². The fourth-order valence-corrected chi connectivity index (χ4v) is 3.10. The molecule has 0 fully saturated rings. The van der Waals surface area contributed by atoms with Crippen LogP contribution in [0.15, 0.2) is 42.5 Å². The lowest BCUT2D eigenvalue weighted by atomic mass is 10.1. The Bertz CT molecular complexity index is 794. The van der Waals surface area contributed by atoms with Crippen molar-refractivity contribution in [2.45, 2.75) is 25.9 Å². The van der Waals surface area contributed by atoms with Gasteiger partial charge in [-0.15, -0.1) is 0 Å². The molecule has 138 valence electrons. The van der Waals surface area contributed by atoms with Gasteiger partial charge in [-0.3, -0.25) is 9.59 Å². The molecule has 0 spiro atoms. The van der Waals surface area contributed by atoms with Crippen molar-refractivity contribution in [3.05, 3.63) is 68.7 Å². The van der Waals surface area contributed by atoms with Crippen molar-refractivity contribution in [2.24, 2.45) is 0 Å². The smallest absolute Gasteiger partial charge is 0.242 e. The highest BCUT2D eigenvalue weighted by Crippen LogP contribution is 2.23. The van der Waals surface area contributed by atoms with Gasteiger partial charge >= 0.3 is 0 Å². The number of nitrogens with zero attached hydrogens (tertiary/aromatic N) is 1. The number of likely N-dealkylation sites (N-methyl/N-ethyl adjacent to an activating group) is 1. The third-order valence-corrected chi connectivity index (χ3v) is 4.88. The van der Waals surface area contributed by atoms with Gasteiger partial charge in [-0.05, 0) is 42.3 Å². The van der Waals surface area contributed by atoms with E-state index >= 15 is 0 Å². The minimum absolute atomic E-state index is 0.156. The molecule has 0 aliphatic heterocycles. The molecule has 26 heavy (non-hydrogen) atoms. The number of rotatable bonds is 6. The largest absolute Gasteiger partial charge is 0.357 e. The van der Waals surface area contributed by atoms with Crippen LogP contribution in [0.5, 0.6) is 0 Å². The topological polar surface area (TPSA) is 49.4 Å². The molecule has 4 nitrogen and oxygen atoms in total. The Morgan fingerprint density at radius 1 is 1.04 bits per heavy atom. The molecule has 2 amide bonds. The van der Waals surface area contributed by atoms with E-state index in [0.29, 0.717) is 15.1 Å². The summed E-state index contributed by atoms with van der Waals surface area (Å²) >= 11 is 18.1. The molecule has 0 aliphatic rings. The van der Waals surface area contributed by atoms with Crippen molar-refractivity contribution in [2.75, 3.05) is 7.05 Å². The van der Waals surface area contributed by atoms with Crippen molar-refractivity contribution >= 4 is 46.6 Å². The summed E-state index contributed by atoms with van der Waals surface area (Å²) in [6.07, 6.45) is 0.156. The number of hydrogen-bond acceptors (Lipinski definition) is 2. The molecule has 1 N–H and O–H groups in total. The normalized spacial score (nSPS) is 11.7. The first-order valence-corrected chi connectivity index (χ1v) is 9.14. The van der Waals surface area contributed by atoms with Crippen LogP contribution in [0.2, 0.25) is 15.1 Å². The molecule has 7 heteroatoms. The standard InChI is InChI=1S/C19H19Cl3N2O2/c1-12(19(26)23-2)24(11-14-5-8-16(21)10-17(14)22)18(25)9-13-3-6-15(20)7-4-13/h3-8,10,12H,9,11H2,1-2H3,(H,23,26). The molecule has 0 radical (unpaired) electrons. The first-order chi connectivity index (χ1) is 12.3. The second kappa shape index (κ2) is 9.26. The molecule has 1 unspecified atom stereocenters. The molecule has 0 saturated carbocycles. The number of hydrogen-bond donors (Lipinski definition) is 1. The Morgan fingerprint density at radius 3 is 2.23 bits per heavy atom. The van der Waals surface area contributed by atoms with Gasteiger partial charge in [0.05, 0.1) is 6.42 Å². The van der Waals surface area contributed by atoms with Crippen LogP contribution in [0.4, 0.5) is 0 Å². The molecule has 0 aromatic heterocycles. The molecular formula is C19H19Cl3N2O2. The first kappa shape index (κ1) is 20.6. The van der Waals surface area contributed by atoms with Gasteiger partial charge in [0.25, 0.3) is 0 Å². The molecule has 2 aromatic carbocycles. The monoisotopic (exact) mass is 412 g/mol. The van der Waals surface area contributed by atoms with Crippen LogP contribution >= 0.6 is 34.8 Å². The van der Waals surface area contributed by atoms with E-state index in [1.165, 1.54) is 11.9 Å². The Kier molecular flexibility index (Phi) is 7.33. The van der Waals surface area contributed by atoms with Crippen LogP contribution in [-0.4, -0.2) is 29.8 Å². The molecule has 0 heterocycles. The van der Waals surface area contributed by atoms with Gasteiger partial charge in [-0.25, -0.2) is 0 Å². The maximum absolute atomic E-state index is 12.9. The zero-order valence-corrected chi connectivity index (χ0v) is 16.7.